The summed E-state index contributed by atoms with van der Waals surface area (Å²) in [7, 11) is 0. The topological polar surface area (TPSA) is 0 Å². The molecule has 2 atom stereocenters. The van der Waals surface area contributed by atoms with Crippen molar-refractivity contribution in [2.75, 3.05) is 0 Å². The molecular weight excluding hydrogens is 144 g/mol. The van der Waals surface area contributed by atoms with Crippen LogP contribution in [0.25, 0.3) is 0 Å². The smallest absolute Gasteiger partial charge is 0.0298 e. The first kappa shape index (κ1) is 10.1. The minimum atomic E-state index is 0.696. The molecule has 0 spiro atoms. The maximum absolute atomic E-state index is 2.52. The first-order chi connectivity index (χ1) is 5.73. The molecule has 0 aromatic heterocycles. The van der Waals surface area contributed by atoms with Gasteiger partial charge in [-0.1, -0.05) is 46.5 Å². The van der Waals surface area contributed by atoms with E-state index in [4.69, 9.17) is 0 Å². The van der Waals surface area contributed by atoms with Crippen LogP contribution < -0.4 is 0 Å². The molecule has 12 heavy (non-hydrogen) atoms. The summed E-state index contributed by atoms with van der Waals surface area (Å²) in [4.78, 5) is 0. The highest BCUT2D eigenvalue weighted by Crippen LogP contribution is 2.45. The molecule has 1 rings (SSSR count). The SMILES string of the molecule is CCC[C@@]1(C)CCCC[C@@H]1CC. The molecule has 0 aliphatic heterocycles. The normalized spacial score (nSPS) is 36.8. The minimum Gasteiger partial charge on any atom is -0.0654 e. The fraction of sp³-hybridized carbons (Fsp3) is 1.00. The second kappa shape index (κ2) is 4.30. The van der Waals surface area contributed by atoms with Crippen LogP contribution in [0.3, 0.4) is 0 Å². The Morgan fingerprint density at radius 1 is 1.25 bits per heavy atom. The van der Waals surface area contributed by atoms with Crippen molar-refractivity contribution in [2.45, 2.75) is 65.7 Å². The van der Waals surface area contributed by atoms with Gasteiger partial charge >= 0.3 is 0 Å². The van der Waals surface area contributed by atoms with Gasteiger partial charge in [0.1, 0.15) is 0 Å². The molecule has 1 aliphatic rings. The molecule has 1 aliphatic carbocycles. The molecule has 0 heteroatoms. The Bertz CT molecular complexity index is 124. The van der Waals surface area contributed by atoms with Crippen molar-refractivity contribution in [1.82, 2.24) is 0 Å². The summed E-state index contributed by atoms with van der Waals surface area (Å²) in [5.41, 5.74) is 0.696. The molecule has 0 unspecified atom stereocenters. The highest BCUT2D eigenvalue weighted by atomic mass is 14.4. The van der Waals surface area contributed by atoms with Gasteiger partial charge < -0.3 is 0 Å². The first-order valence-corrected chi connectivity index (χ1v) is 5.73. The van der Waals surface area contributed by atoms with Gasteiger partial charge in [0.05, 0.1) is 0 Å². The van der Waals surface area contributed by atoms with Gasteiger partial charge in [-0.15, -0.1) is 0 Å². The average Bonchev–Trinajstić information content (AvgIpc) is 2.05. The molecular formula is C12H24. The minimum absolute atomic E-state index is 0.696. The average molecular weight is 168 g/mol. The molecule has 0 bridgehead atoms. The van der Waals surface area contributed by atoms with Crippen LogP contribution in [0.4, 0.5) is 0 Å². The van der Waals surface area contributed by atoms with Crippen molar-refractivity contribution in [2.24, 2.45) is 11.3 Å². The summed E-state index contributed by atoms with van der Waals surface area (Å²) in [6.07, 6.45) is 10.2. The molecule has 0 aromatic rings. The monoisotopic (exact) mass is 168 g/mol. The Labute approximate surface area is 77.7 Å². The Balaban J connectivity index is 2.55. The highest BCUT2D eigenvalue weighted by molar-refractivity contribution is 4.85. The van der Waals surface area contributed by atoms with Crippen LogP contribution in [-0.2, 0) is 0 Å². The molecule has 0 nitrogen and oxygen atoms in total. The predicted octanol–water partition coefficient (Wildman–Crippen LogP) is 4.39. The van der Waals surface area contributed by atoms with E-state index in [-0.39, 0.29) is 0 Å². The molecule has 0 N–H and O–H groups in total. The highest BCUT2D eigenvalue weighted by Gasteiger charge is 2.33. The van der Waals surface area contributed by atoms with E-state index in [1.807, 2.05) is 0 Å². The molecule has 0 radical (unpaired) electrons. The number of rotatable bonds is 3. The van der Waals surface area contributed by atoms with Gasteiger partial charge in [0.25, 0.3) is 0 Å². The van der Waals surface area contributed by atoms with E-state index in [1.54, 1.807) is 0 Å². The molecule has 0 aromatic carbocycles. The fourth-order valence-corrected chi connectivity index (χ4v) is 3.07. The van der Waals surface area contributed by atoms with E-state index in [0.717, 1.165) is 5.92 Å². The lowest BCUT2D eigenvalue weighted by Crippen LogP contribution is -2.30. The fourth-order valence-electron chi connectivity index (χ4n) is 3.07. The first-order valence-electron chi connectivity index (χ1n) is 5.73. The van der Waals surface area contributed by atoms with Crippen molar-refractivity contribution in [1.29, 1.82) is 0 Å². The predicted molar refractivity (Wildman–Crippen MR) is 55.3 cm³/mol. The standard InChI is InChI=1S/C12H24/c1-4-9-12(3)10-7-6-8-11(12)5-2/h11H,4-10H2,1-3H3/t11-,12-/m0/s1. The molecule has 0 heterocycles. The molecule has 0 saturated heterocycles. The van der Waals surface area contributed by atoms with Gasteiger partial charge in [-0.3, -0.25) is 0 Å². The largest absolute Gasteiger partial charge is 0.0654 e. The third-order valence-corrected chi connectivity index (χ3v) is 3.85. The van der Waals surface area contributed by atoms with Crippen LogP contribution in [-0.4, -0.2) is 0 Å². The van der Waals surface area contributed by atoms with Gasteiger partial charge in [-0.25, -0.2) is 0 Å². The van der Waals surface area contributed by atoms with Crippen molar-refractivity contribution in [3.05, 3.63) is 0 Å². The quantitative estimate of drug-likeness (QED) is 0.586. The van der Waals surface area contributed by atoms with E-state index >= 15 is 0 Å². The van der Waals surface area contributed by atoms with Crippen LogP contribution >= 0.6 is 0 Å². The zero-order valence-electron chi connectivity index (χ0n) is 9.03. The third kappa shape index (κ3) is 2.02. The van der Waals surface area contributed by atoms with Crippen LogP contribution in [0.2, 0.25) is 0 Å². The molecule has 1 saturated carbocycles. The second-order valence-corrected chi connectivity index (χ2v) is 4.75. The van der Waals surface area contributed by atoms with Gasteiger partial charge in [-0.2, -0.15) is 0 Å². The Morgan fingerprint density at radius 3 is 2.58 bits per heavy atom. The number of hydrogen-bond acceptors (Lipinski definition) is 0. The summed E-state index contributed by atoms with van der Waals surface area (Å²) in [6, 6.07) is 0. The molecule has 72 valence electrons. The maximum Gasteiger partial charge on any atom is -0.0298 e. The lowest BCUT2D eigenvalue weighted by molar-refractivity contribution is 0.0993. The van der Waals surface area contributed by atoms with E-state index in [9.17, 15) is 0 Å². The van der Waals surface area contributed by atoms with Gasteiger partial charge in [0.15, 0.2) is 0 Å². The van der Waals surface area contributed by atoms with Gasteiger partial charge in [-0.05, 0) is 30.6 Å². The van der Waals surface area contributed by atoms with Gasteiger partial charge in [0, 0.05) is 0 Å². The third-order valence-electron chi connectivity index (χ3n) is 3.85. The number of hydrogen-bond donors (Lipinski definition) is 0. The van der Waals surface area contributed by atoms with Crippen LogP contribution in [0, 0.1) is 11.3 Å². The van der Waals surface area contributed by atoms with Crippen molar-refractivity contribution < 1.29 is 0 Å². The van der Waals surface area contributed by atoms with Crippen LogP contribution in [0.5, 0.6) is 0 Å². The summed E-state index contributed by atoms with van der Waals surface area (Å²) in [6.45, 7) is 7.21. The summed E-state index contributed by atoms with van der Waals surface area (Å²) in [5, 5.41) is 0. The van der Waals surface area contributed by atoms with E-state index in [2.05, 4.69) is 20.8 Å². The zero-order valence-corrected chi connectivity index (χ0v) is 9.03. The summed E-state index contributed by atoms with van der Waals surface area (Å²) >= 11 is 0. The Hall–Kier alpha value is 0. The molecule has 1 fully saturated rings. The summed E-state index contributed by atoms with van der Waals surface area (Å²) < 4.78 is 0. The van der Waals surface area contributed by atoms with Crippen molar-refractivity contribution in [3.8, 4) is 0 Å². The lowest BCUT2D eigenvalue weighted by atomic mass is 9.64. The lowest BCUT2D eigenvalue weighted by Gasteiger charge is -2.41. The molecule has 0 amide bonds. The van der Waals surface area contributed by atoms with Crippen LogP contribution in [0.1, 0.15) is 65.7 Å². The second-order valence-electron chi connectivity index (χ2n) is 4.75. The Morgan fingerprint density at radius 2 is 2.00 bits per heavy atom. The van der Waals surface area contributed by atoms with Crippen LogP contribution in [0.15, 0.2) is 0 Å². The zero-order chi connectivity index (χ0) is 9.03. The maximum atomic E-state index is 2.52. The summed E-state index contributed by atoms with van der Waals surface area (Å²) in [5.74, 6) is 1.02. The van der Waals surface area contributed by atoms with E-state index in [0.29, 0.717) is 5.41 Å². The van der Waals surface area contributed by atoms with E-state index < -0.39 is 0 Å². The van der Waals surface area contributed by atoms with Gasteiger partial charge in [0.2, 0.25) is 0 Å². The van der Waals surface area contributed by atoms with Crippen molar-refractivity contribution >= 4 is 0 Å². The van der Waals surface area contributed by atoms with Crippen molar-refractivity contribution in [3.63, 3.8) is 0 Å². The Kier molecular flexibility index (Phi) is 3.61. The van der Waals surface area contributed by atoms with E-state index in [1.165, 1.54) is 44.9 Å².